The van der Waals surface area contributed by atoms with Gasteiger partial charge >= 0.3 is 0 Å². The second-order valence-electron chi connectivity index (χ2n) is 2.69. The molecule has 98 valence electrons. The van der Waals surface area contributed by atoms with Crippen LogP contribution in [0, 0.1) is 0 Å². The maximum Gasteiger partial charge on any atom is 0.0701 e. The van der Waals surface area contributed by atoms with Gasteiger partial charge in [-0.15, -0.1) is 6.58 Å². The molecule has 0 radical (unpaired) electrons. The summed E-state index contributed by atoms with van der Waals surface area (Å²) in [6.45, 7) is 8.01. The number of hydrogen-bond acceptors (Lipinski definition) is 5. The van der Waals surface area contributed by atoms with Gasteiger partial charge in [0.1, 0.15) is 0 Å². The Morgan fingerprint density at radius 1 is 0.812 bits per heavy atom. The van der Waals surface area contributed by atoms with Gasteiger partial charge in [-0.05, 0) is 6.92 Å². The lowest BCUT2D eigenvalue weighted by Gasteiger charge is -2.04. The number of aliphatic hydroxyl groups is 2. The molecular formula is C11H24O5. The number of aliphatic hydroxyl groups excluding tert-OH is 2. The molecule has 0 aliphatic heterocycles. The summed E-state index contributed by atoms with van der Waals surface area (Å²) in [5, 5.41) is 16.7. The lowest BCUT2D eigenvalue weighted by atomic mass is 10.7. The van der Waals surface area contributed by atoms with E-state index in [0.29, 0.717) is 39.6 Å². The molecule has 0 fully saturated rings. The Balaban J connectivity index is 0. The van der Waals surface area contributed by atoms with Crippen molar-refractivity contribution in [3.63, 3.8) is 0 Å². The molecule has 0 aromatic heterocycles. The number of rotatable bonds is 10. The predicted molar refractivity (Wildman–Crippen MR) is 62.5 cm³/mol. The maximum absolute atomic E-state index is 8.36. The minimum atomic E-state index is 0.0413. The van der Waals surface area contributed by atoms with Gasteiger partial charge in [-0.2, -0.15) is 0 Å². The summed E-state index contributed by atoms with van der Waals surface area (Å²) in [5.41, 5.74) is 0. The van der Waals surface area contributed by atoms with Crippen LogP contribution in [0.4, 0.5) is 0 Å². The number of ether oxygens (including phenoxy) is 3. The van der Waals surface area contributed by atoms with E-state index in [-0.39, 0.29) is 13.2 Å². The van der Waals surface area contributed by atoms with Crippen LogP contribution in [0.5, 0.6) is 0 Å². The Labute approximate surface area is 97.6 Å². The van der Waals surface area contributed by atoms with Gasteiger partial charge in [0.25, 0.3) is 0 Å². The van der Waals surface area contributed by atoms with Crippen LogP contribution in [0.25, 0.3) is 0 Å². The monoisotopic (exact) mass is 236 g/mol. The van der Waals surface area contributed by atoms with Gasteiger partial charge in [0.15, 0.2) is 0 Å². The fourth-order valence-electron chi connectivity index (χ4n) is 0.671. The molecule has 0 unspecified atom stereocenters. The minimum absolute atomic E-state index is 0.0413. The van der Waals surface area contributed by atoms with Crippen molar-refractivity contribution < 1.29 is 24.4 Å². The molecule has 0 atom stereocenters. The third-order valence-corrected chi connectivity index (χ3v) is 1.22. The SMILES string of the molecule is C=CC.OCCOCCOCCOCCO. The van der Waals surface area contributed by atoms with Gasteiger partial charge in [0, 0.05) is 0 Å². The molecule has 0 aliphatic carbocycles. The first-order valence-electron chi connectivity index (χ1n) is 5.35. The van der Waals surface area contributed by atoms with Crippen LogP contribution in [0.2, 0.25) is 0 Å². The van der Waals surface area contributed by atoms with Crippen molar-refractivity contribution in [2.75, 3.05) is 52.9 Å². The van der Waals surface area contributed by atoms with Crippen molar-refractivity contribution in [2.24, 2.45) is 0 Å². The molecule has 5 nitrogen and oxygen atoms in total. The second-order valence-corrected chi connectivity index (χ2v) is 2.69. The van der Waals surface area contributed by atoms with E-state index >= 15 is 0 Å². The Morgan fingerprint density at radius 2 is 1.06 bits per heavy atom. The first-order chi connectivity index (χ1) is 7.83. The van der Waals surface area contributed by atoms with Crippen LogP contribution in [0.15, 0.2) is 12.7 Å². The third kappa shape index (κ3) is 23.4. The highest BCUT2D eigenvalue weighted by molar-refractivity contribution is 4.51. The Bertz CT molecular complexity index is 109. The zero-order valence-corrected chi connectivity index (χ0v) is 10.1. The van der Waals surface area contributed by atoms with E-state index in [1.807, 2.05) is 6.92 Å². The molecule has 0 aliphatic rings. The summed E-state index contributed by atoms with van der Waals surface area (Å²) >= 11 is 0. The molecule has 0 saturated carbocycles. The average molecular weight is 236 g/mol. The smallest absolute Gasteiger partial charge is 0.0701 e. The normalized spacial score (nSPS) is 9.44. The van der Waals surface area contributed by atoms with Crippen LogP contribution < -0.4 is 0 Å². The van der Waals surface area contributed by atoms with Gasteiger partial charge in [0.05, 0.1) is 52.9 Å². The highest BCUT2D eigenvalue weighted by Gasteiger charge is 1.89. The average Bonchev–Trinajstić information content (AvgIpc) is 2.28. The molecule has 16 heavy (non-hydrogen) atoms. The van der Waals surface area contributed by atoms with Crippen LogP contribution in [-0.4, -0.2) is 63.1 Å². The summed E-state index contributed by atoms with van der Waals surface area (Å²) in [7, 11) is 0. The molecule has 0 rings (SSSR count). The summed E-state index contributed by atoms with van der Waals surface area (Å²) in [6, 6.07) is 0. The quantitative estimate of drug-likeness (QED) is 0.419. The van der Waals surface area contributed by atoms with E-state index in [2.05, 4.69) is 6.58 Å². The van der Waals surface area contributed by atoms with Crippen molar-refractivity contribution in [1.82, 2.24) is 0 Å². The Morgan fingerprint density at radius 3 is 1.31 bits per heavy atom. The van der Waals surface area contributed by atoms with E-state index in [4.69, 9.17) is 24.4 Å². The fourth-order valence-corrected chi connectivity index (χ4v) is 0.671. The first kappa shape index (κ1) is 17.9. The molecular weight excluding hydrogens is 212 g/mol. The fraction of sp³-hybridized carbons (Fsp3) is 0.818. The van der Waals surface area contributed by atoms with E-state index in [1.165, 1.54) is 0 Å². The van der Waals surface area contributed by atoms with E-state index in [9.17, 15) is 0 Å². The number of hydrogen-bond donors (Lipinski definition) is 2. The maximum atomic E-state index is 8.36. The topological polar surface area (TPSA) is 68.2 Å². The number of allylic oxidation sites excluding steroid dienone is 1. The van der Waals surface area contributed by atoms with Crippen molar-refractivity contribution in [1.29, 1.82) is 0 Å². The molecule has 0 aromatic rings. The predicted octanol–water partition coefficient (Wildman–Crippen LogP) is 0.213. The minimum Gasteiger partial charge on any atom is -0.394 e. The molecule has 0 saturated heterocycles. The lowest BCUT2D eigenvalue weighted by molar-refractivity contribution is 0.00230. The van der Waals surface area contributed by atoms with Gasteiger partial charge in [-0.3, -0.25) is 0 Å². The summed E-state index contributed by atoms with van der Waals surface area (Å²) in [4.78, 5) is 0. The van der Waals surface area contributed by atoms with Gasteiger partial charge < -0.3 is 24.4 Å². The summed E-state index contributed by atoms with van der Waals surface area (Å²) in [6.07, 6.45) is 1.75. The molecule has 2 N–H and O–H groups in total. The standard InChI is InChI=1S/C8H18O5.C3H6/c9-1-3-11-5-7-13-8-6-12-4-2-10;1-3-2/h9-10H,1-8H2;3H,1H2,2H3. The summed E-state index contributed by atoms with van der Waals surface area (Å²) in [5.74, 6) is 0. The van der Waals surface area contributed by atoms with Crippen molar-refractivity contribution in [2.45, 2.75) is 6.92 Å². The summed E-state index contributed by atoms with van der Waals surface area (Å²) < 4.78 is 15.0. The first-order valence-corrected chi connectivity index (χ1v) is 5.35. The lowest BCUT2D eigenvalue weighted by Crippen LogP contribution is -2.11. The van der Waals surface area contributed by atoms with Crippen molar-refractivity contribution >= 4 is 0 Å². The van der Waals surface area contributed by atoms with E-state index < -0.39 is 0 Å². The van der Waals surface area contributed by atoms with Crippen LogP contribution in [0.3, 0.4) is 0 Å². The highest BCUT2D eigenvalue weighted by Crippen LogP contribution is 1.80. The largest absolute Gasteiger partial charge is 0.394 e. The molecule has 0 heterocycles. The molecule has 0 bridgehead atoms. The Hall–Kier alpha value is -0.460. The molecule has 0 spiro atoms. The van der Waals surface area contributed by atoms with Crippen molar-refractivity contribution in [3.8, 4) is 0 Å². The molecule has 5 heteroatoms. The second kappa shape index (κ2) is 20.0. The zero-order valence-electron chi connectivity index (χ0n) is 10.1. The molecule has 0 aromatic carbocycles. The van der Waals surface area contributed by atoms with Crippen LogP contribution >= 0.6 is 0 Å². The van der Waals surface area contributed by atoms with Crippen molar-refractivity contribution in [3.05, 3.63) is 12.7 Å². The van der Waals surface area contributed by atoms with Gasteiger partial charge in [-0.25, -0.2) is 0 Å². The van der Waals surface area contributed by atoms with Crippen LogP contribution in [0.1, 0.15) is 6.92 Å². The zero-order chi connectivity index (χ0) is 12.5. The van der Waals surface area contributed by atoms with Gasteiger partial charge in [0.2, 0.25) is 0 Å². The third-order valence-electron chi connectivity index (χ3n) is 1.22. The highest BCUT2D eigenvalue weighted by atomic mass is 16.5. The molecule has 0 amide bonds. The van der Waals surface area contributed by atoms with Gasteiger partial charge in [-0.1, -0.05) is 6.08 Å². The van der Waals surface area contributed by atoms with E-state index in [0.717, 1.165) is 0 Å². The Kier molecular flexibility index (Phi) is 22.4. The van der Waals surface area contributed by atoms with Crippen LogP contribution in [-0.2, 0) is 14.2 Å². The van der Waals surface area contributed by atoms with E-state index in [1.54, 1.807) is 6.08 Å².